The number of hydrogen-bond acceptors (Lipinski definition) is 4. The highest BCUT2D eigenvalue weighted by Gasteiger charge is 2.11. The van der Waals surface area contributed by atoms with E-state index in [1.807, 2.05) is 12.1 Å². The molecule has 0 spiro atoms. The van der Waals surface area contributed by atoms with Gasteiger partial charge in [0.1, 0.15) is 11.6 Å². The first-order valence-electron chi connectivity index (χ1n) is 6.80. The normalized spacial score (nSPS) is 12.8. The van der Waals surface area contributed by atoms with E-state index >= 15 is 0 Å². The molecule has 20 heavy (non-hydrogen) atoms. The molecule has 0 aliphatic rings. The molecular weight excluding hydrogens is 257 g/mol. The van der Waals surface area contributed by atoms with E-state index in [4.69, 9.17) is 10.2 Å². The Morgan fingerprint density at radius 2 is 2.25 bits per heavy atom. The Hall–Kier alpha value is -1.72. The Labute approximate surface area is 118 Å². The van der Waals surface area contributed by atoms with Crippen molar-refractivity contribution in [3.05, 3.63) is 54.0 Å². The lowest BCUT2D eigenvalue weighted by molar-refractivity contribution is 0.246. The van der Waals surface area contributed by atoms with Crippen LogP contribution in [0.3, 0.4) is 0 Å². The van der Waals surface area contributed by atoms with Gasteiger partial charge in [-0.2, -0.15) is 0 Å². The summed E-state index contributed by atoms with van der Waals surface area (Å²) in [5, 5.41) is 0. The fraction of sp³-hybridized carbons (Fsp3) is 0.400. The molecule has 0 aliphatic carbocycles. The number of aromatic nitrogens is 1. The molecule has 108 valence electrons. The highest BCUT2D eigenvalue weighted by atomic mass is 19.1. The molecule has 0 aliphatic heterocycles. The van der Waals surface area contributed by atoms with Gasteiger partial charge in [0.25, 0.3) is 0 Å². The van der Waals surface area contributed by atoms with E-state index in [1.54, 1.807) is 12.3 Å². The second kappa shape index (κ2) is 7.17. The van der Waals surface area contributed by atoms with Crippen molar-refractivity contribution in [3.63, 3.8) is 0 Å². The summed E-state index contributed by atoms with van der Waals surface area (Å²) < 4.78 is 18.2. The average Bonchev–Trinajstić information content (AvgIpc) is 2.96. The summed E-state index contributed by atoms with van der Waals surface area (Å²) in [7, 11) is 0. The Balaban J connectivity index is 1.84. The number of halogens is 1. The van der Waals surface area contributed by atoms with Crippen LogP contribution in [0.4, 0.5) is 4.39 Å². The van der Waals surface area contributed by atoms with Crippen LogP contribution in [-0.4, -0.2) is 23.0 Å². The quantitative estimate of drug-likeness (QED) is 0.845. The Morgan fingerprint density at radius 3 is 2.85 bits per heavy atom. The zero-order chi connectivity index (χ0) is 14.4. The number of hydrogen-bond donors (Lipinski definition) is 1. The van der Waals surface area contributed by atoms with Crippen LogP contribution >= 0.6 is 0 Å². The third-order valence-corrected chi connectivity index (χ3v) is 3.29. The third-order valence-electron chi connectivity index (χ3n) is 3.29. The molecule has 0 radical (unpaired) electrons. The summed E-state index contributed by atoms with van der Waals surface area (Å²) in [6.45, 7) is 4.64. The van der Waals surface area contributed by atoms with E-state index in [9.17, 15) is 4.39 Å². The van der Waals surface area contributed by atoms with Crippen molar-refractivity contribution < 1.29 is 8.81 Å². The largest absolute Gasteiger partial charge is 0.468 e. The van der Waals surface area contributed by atoms with Crippen LogP contribution in [0.2, 0.25) is 0 Å². The smallest absolute Gasteiger partial charge is 0.141 e. The maximum absolute atomic E-state index is 12.8. The summed E-state index contributed by atoms with van der Waals surface area (Å²) in [6.07, 6.45) is 3.65. The predicted octanol–water partition coefficient (Wildman–Crippen LogP) is 2.73. The van der Waals surface area contributed by atoms with Gasteiger partial charge in [-0.3, -0.25) is 9.88 Å². The first kappa shape index (κ1) is 14.7. The van der Waals surface area contributed by atoms with Crippen LogP contribution in [0, 0.1) is 5.82 Å². The number of pyridine rings is 1. The molecule has 5 heteroatoms. The molecule has 0 bridgehead atoms. The summed E-state index contributed by atoms with van der Waals surface area (Å²) in [5.74, 6) is 0.606. The average molecular weight is 277 g/mol. The Kier molecular flexibility index (Phi) is 5.26. The Morgan fingerprint density at radius 1 is 1.40 bits per heavy atom. The maximum Gasteiger partial charge on any atom is 0.141 e. The molecule has 2 aromatic rings. The third kappa shape index (κ3) is 4.15. The van der Waals surface area contributed by atoms with Gasteiger partial charge in [0.05, 0.1) is 24.7 Å². The molecule has 2 rings (SSSR count). The van der Waals surface area contributed by atoms with Crippen molar-refractivity contribution in [1.29, 1.82) is 0 Å². The summed E-state index contributed by atoms with van der Waals surface area (Å²) in [5.41, 5.74) is 6.81. The Bertz CT molecular complexity index is 498. The van der Waals surface area contributed by atoms with Gasteiger partial charge in [-0.25, -0.2) is 4.39 Å². The first-order chi connectivity index (χ1) is 9.69. The predicted molar refractivity (Wildman–Crippen MR) is 75.4 cm³/mol. The van der Waals surface area contributed by atoms with E-state index in [0.717, 1.165) is 37.5 Å². The van der Waals surface area contributed by atoms with Gasteiger partial charge < -0.3 is 10.2 Å². The van der Waals surface area contributed by atoms with E-state index < -0.39 is 0 Å². The monoisotopic (exact) mass is 277 g/mol. The number of nitrogens with two attached hydrogens (primary N) is 1. The second-order valence-corrected chi connectivity index (χ2v) is 4.74. The van der Waals surface area contributed by atoms with E-state index in [2.05, 4.69) is 16.8 Å². The zero-order valence-electron chi connectivity index (χ0n) is 11.6. The molecule has 0 fully saturated rings. The molecule has 1 atom stereocenters. The van der Waals surface area contributed by atoms with Crippen molar-refractivity contribution in [2.75, 3.05) is 13.1 Å². The lowest BCUT2D eigenvalue weighted by Gasteiger charge is -2.21. The van der Waals surface area contributed by atoms with Crippen molar-refractivity contribution in [1.82, 2.24) is 9.88 Å². The van der Waals surface area contributed by atoms with Gasteiger partial charge >= 0.3 is 0 Å². The van der Waals surface area contributed by atoms with E-state index in [1.165, 1.54) is 12.3 Å². The van der Waals surface area contributed by atoms with Crippen molar-refractivity contribution in [3.8, 4) is 0 Å². The van der Waals surface area contributed by atoms with Gasteiger partial charge in [0, 0.05) is 12.6 Å². The highest BCUT2D eigenvalue weighted by Crippen LogP contribution is 2.13. The minimum atomic E-state index is -0.339. The summed E-state index contributed by atoms with van der Waals surface area (Å²) >= 11 is 0. The molecule has 1 unspecified atom stereocenters. The van der Waals surface area contributed by atoms with Crippen molar-refractivity contribution >= 4 is 0 Å². The minimum Gasteiger partial charge on any atom is -0.468 e. The van der Waals surface area contributed by atoms with Crippen LogP contribution in [0.1, 0.15) is 30.8 Å². The van der Waals surface area contributed by atoms with Gasteiger partial charge in [-0.1, -0.05) is 6.92 Å². The van der Waals surface area contributed by atoms with E-state index in [-0.39, 0.29) is 11.9 Å². The summed E-state index contributed by atoms with van der Waals surface area (Å²) in [4.78, 5) is 6.27. The molecule has 0 amide bonds. The fourth-order valence-electron chi connectivity index (χ4n) is 2.05. The molecule has 2 N–H and O–H groups in total. The molecule has 2 aromatic heterocycles. The van der Waals surface area contributed by atoms with Crippen LogP contribution in [-0.2, 0) is 6.54 Å². The molecule has 0 aromatic carbocycles. The van der Waals surface area contributed by atoms with Gasteiger partial charge in [-0.05, 0) is 37.2 Å². The lowest BCUT2D eigenvalue weighted by Crippen LogP contribution is -2.27. The van der Waals surface area contributed by atoms with Crippen LogP contribution in [0.25, 0.3) is 0 Å². The molecular formula is C15H20FN3O. The van der Waals surface area contributed by atoms with Gasteiger partial charge in [0.2, 0.25) is 0 Å². The summed E-state index contributed by atoms with van der Waals surface area (Å²) in [6, 6.07) is 6.70. The van der Waals surface area contributed by atoms with Crippen LogP contribution in [0.5, 0.6) is 0 Å². The topological polar surface area (TPSA) is 55.3 Å². The lowest BCUT2D eigenvalue weighted by atomic mass is 10.1. The van der Waals surface area contributed by atoms with E-state index in [0.29, 0.717) is 0 Å². The van der Waals surface area contributed by atoms with Gasteiger partial charge in [-0.15, -0.1) is 0 Å². The SMILES string of the molecule is CCN(CCC(N)c1ccc(F)cn1)Cc1ccco1. The molecule has 4 nitrogen and oxygen atoms in total. The van der Waals surface area contributed by atoms with Crippen LogP contribution in [0.15, 0.2) is 41.1 Å². The first-order valence-corrected chi connectivity index (χ1v) is 6.80. The number of nitrogens with zero attached hydrogens (tertiary/aromatic N) is 2. The van der Waals surface area contributed by atoms with Crippen molar-refractivity contribution in [2.45, 2.75) is 25.9 Å². The number of furan rings is 1. The standard InChI is InChI=1S/C15H20FN3O/c1-2-19(11-13-4-3-9-20-13)8-7-14(17)15-6-5-12(16)10-18-15/h3-6,9-10,14H,2,7-8,11,17H2,1H3. The second-order valence-electron chi connectivity index (χ2n) is 4.74. The molecule has 0 saturated heterocycles. The molecule has 2 heterocycles. The maximum atomic E-state index is 12.8. The minimum absolute atomic E-state index is 0.179. The van der Waals surface area contributed by atoms with Crippen molar-refractivity contribution in [2.24, 2.45) is 5.73 Å². The molecule has 0 saturated carbocycles. The zero-order valence-corrected chi connectivity index (χ0v) is 11.6. The van der Waals surface area contributed by atoms with Gasteiger partial charge in [0.15, 0.2) is 0 Å². The van der Waals surface area contributed by atoms with Crippen LogP contribution < -0.4 is 5.73 Å². The number of rotatable bonds is 7. The fourth-order valence-corrected chi connectivity index (χ4v) is 2.05. The highest BCUT2D eigenvalue weighted by molar-refractivity contribution is 5.09.